The third-order valence-electron chi connectivity index (χ3n) is 5.59. The van der Waals surface area contributed by atoms with Gasteiger partial charge in [-0.25, -0.2) is 9.97 Å². The number of carbonyl (C=O) groups is 1. The van der Waals surface area contributed by atoms with Crippen molar-refractivity contribution < 1.29 is 4.79 Å². The van der Waals surface area contributed by atoms with Gasteiger partial charge in [-0.1, -0.05) is 0 Å². The number of amides is 1. The monoisotopic (exact) mass is 399 g/mol. The highest BCUT2D eigenvalue weighted by Gasteiger charge is 2.44. The minimum absolute atomic E-state index is 0.0268. The van der Waals surface area contributed by atoms with Crippen molar-refractivity contribution >= 4 is 28.3 Å². The lowest BCUT2D eigenvalue weighted by Gasteiger charge is -2.10. The van der Waals surface area contributed by atoms with Crippen LogP contribution in [-0.2, 0) is 11.8 Å². The fraction of sp³-hybridized carbons (Fsp3) is 0.227. The zero-order valence-corrected chi connectivity index (χ0v) is 16.7. The van der Waals surface area contributed by atoms with E-state index >= 15 is 0 Å². The third-order valence-corrected chi connectivity index (χ3v) is 5.59. The van der Waals surface area contributed by atoms with Crippen LogP contribution in [0.3, 0.4) is 0 Å². The molecule has 1 fully saturated rings. The van der Waals surface area contributed by atoms with E-state index in [2.05, 4.69) is 25.4 Å². The second-order valence-corrected chi connectivity index (χ2v) is 7.76. The number of aromatic nitrogens is 5. The van der Waals surface area contributed by atoms with E-state index in [4.69, 9.17) is 5.73 Å². The van der Waals surface area contributed by atoms with E-state index in [1.54, 1.807) is 23.3 Å². The molecule has 30 heavy (non-hydrogen) atoms. The van der Waals surface area contributed by atoms with Crippen LogP contribution in [0.2, 0.25) is 0 Å². The number of nitrogen functional groups attached to an aromatic ring is 1. The van der Waals surface area contributed by atoms with Crippen LogP contribution in [0.4, 0.5) is 11.6 Å². The van der Waals surface area contributed by atoms with Gasteiger partial charge in [-0.15, -0.1) is 0 Å². The molecule has 8 nitrogen and oxygen atoms in total. The molecule has 4 heterocycles. The molecule has 0 unspecified atom stereocenters. The fourth-order valence-electron chi connectivity index (χ4n) is 3.82. The van der Waals surface area contributed by atoms with Gasteiger partial charge < -0.3 is 11.1 Å². The number of carbonyl (C=O) groups excluding carboxylic acids is 1. The summed E-state index contributed by atoms with van der Waals surface area (Å²) in [5.41, 5.74) is 10.00. The maximum absolute atomic E-state index is 12.7. The Morgan fingerprint density at radius 1 is 1.27 bits per heavy atom. The number of aryl methyl sites for hydroxylation is 2. The number of pyridine rings is 3. The number of anilines is 2. The van der Waals surface area contributed by atoms with Crippen LogP contribution in [0.5, 0.6) is 0 Å². The zero-order chi connectivity index (χ0) is 20.8. The largest absolute Gasteiger partial charge is 0.383 e. The van der Waals surface area contributed by atoms with E-state index in [1.165, 1.54) is 0 Å². The van der Waals surface area contributed by atoms with E-state index < -0.39 is 0 Å². The topological polar surface area (TPSA) is 112 Å². The van der Waals surface area contributed by atoms with Gasteiger partial charge in [0.15, 0.2) is 0 Å². The maximum atomic E-state index is 12.7. The van der Waals surface area contributed by atoms with Crippen LogP contribution in [-0.4, -0.2) is 30.6 Å². The maximum Gasteiger partial charge on any atom is 0.229 e. The Morgan fingerprint density at radius 3 is 2.90 bits per heavy atom. The number of nitrogens with two attached hydrogens (primary N) is 1. The first kappa shape index (κ1) is 18.2. The van der Waals surface area contributed by atoms with Crippen LogP contribution in [0, 0.1) is 12.8 Å². The Hall–Kier alpha value is -3.81. The van der Waals surface area contributed by atoms with Crippen LogP contribution in [0.15, 0.2) is 49.2 Å². The predicted octanol–water partition coefficient (Wildman–Crippen LogP) is 3.06. The number of fused-ring (bicyclic) bond motifs is 1. The van der Waals surface area contributed by atoms with Crippen molar-refractivity contribution in [2.24, 2.45) is 13.0 Å². The van der Waals surface area contributed by atoms with Crippen molar-refractivity contribution in [2.75, 3.05) is 11.1 Å². The summed E-state index contributed by atoms with van der Waals surface area (Å²) in [6.07, 6.45) is 9.79. The first-order valence-electron chi connectivity index (χ1n) is 9.76. The van der Waals surface area contributed by atoms with Gasteiger partial charge in [0.2, 0.25) is 5.91 Å². The van der Waals surface area contributed by atoms with Gasteiger partial charge in [0, 0.05) is 48.7 Å². The van der Waals surface area contributed by atoms with Crippen LogP contribution in [0.1, 0.15) is 23.5 Å². The Balaban J connectivity index is 1.40. The van der Waals surface area contributed by atoms with E-state index in [1.807, 2.05) is 44.6 Å². The minimum atomic E-state index is -0.0530. The number of rotatable bonds is 4. The quantitative estimate of drug-likeness (QED) is 0.545. The highest BCUT2D eigenvalue weighted by atomic mass is 16.2. The van der Waals surface area contributed by atoms with E-state index in [9.17, 15) is 4.79 Å². The molecular formula is C22H21N7O. The van der Waals surface area contributed by atoms with Crippen molar-refractivity contribution in [3.63, 3.8) is 0 Å². The Labute approximate surface area is 173 Å². The average molecular weight is 399 g/mol. The molecule has 2 atom stereocenters. The molecule has 1 aliphatic rings. The van der Waals surface area contributed by atoms with Crippen molar-refractivity contribution in [1.29, 1.82) is 0 Å². The lowest BCUT2D eigenvalue weighted by atomic mass is 10.1. The summed E-state index contributed by atoms with van der Waals surface area (Å²) in [6, 6.07) is 5.72. The molecule has 0 bridgehead atoms. The molecule has 5 rings (SSSR count). The molecule has 3 N–H and O–H groups in total. The first-order chi connectivity index (χ1) is 14.5. The molecule has 1 saturated carbocycles. The molecule has 4 aromatic rings. The summed E-state index contributed by atoms with van der Waals surface area (Å²) < 4.78 is 1.76. The molecule has 0 aromatic carbocycles. The number of nitrogens with zero attached hydrogens (tertiary/aromatic N) is 5. The Bertz CT molecular complexity index is 1280. The molecule has 1 aliphatic carbocycles. The SMILES string of the molecule is Cc1ccncc1-c1cc2cc(NC(=O)[C@H]3C[C@@H]3c3cnn(C)c3)ncc2c(N)n1. The molecule has 0 radical (unpaired) electrons. The molecule has 0 spiro atoms. The Morgan fingerprint density at radius 2 is 2.13 bits per heavy atom. The van der Waals surface area contributed by atoms with Gasteiger partial charge in [0.1, 0.15) is 11.6 Å². The van der Waals surface area contributed by atoms with Gasteiger partial charge in [-0.2, -0.15) is 5.10 Å². The number of hydrogen-bond donors (Lipinski definition) is 2. The summed E-state index contributed by atoms with van der Waals surface area (Å²) >= 11 is 0. The van der Waals surface area contributed by atoms with Gasteiger partial charge in [-0.05, 0) is 54.0 Å². The normalized spacial score (nSPS) is 17.8. The smallest absolute Gasteiger partial charge is 0.229 e. The predicted molar refractivity (Wildman–Crippen MR) is 115 cm³/mol. The highest BCUT2D eigenvalue weighted by molar-refractivity contribution is 5.98. The second-order valence-electron chi connectivity index (χ2n) is 7.76. The summed E-state index contributed by atoms with van der Waals surface area (Å²) in [7, 11) is 1.88. The molecular weight excluding hydrogens is 378 g/mol. The van der Waals surface area contributed by atoms with Crippen molar-refractivity contribution in [3.05, 3.63) is 60.3 Å². The Kier molecular flexibility index (Phi) is 4.20. The first-order valence-corrected chi connectivity index (χ1v) is 9.76. The average Bonchev–Trinajstić information content (AvgIpc) is 3.42. The molecule has 150 valence electrons. The molecule has 0 aliphatic heterocycles. The summed E-state index contributed by atoms with van der Waals surface area (Å²) in [6.45, 7) is 2.01. The lowest BCUT2D eigenvalue weighted by molar-refractivity contribution is -0.117. The number of nitrogens with one attached hydrogen (secondary N) is 1. The van der Waals surface area contributed by atoms with Crippen LogP contribution < -0.4 is 11.1 Å². The fourth-order valence-corrected chi connectivity index (χ4v) is 3.82. The molecule has 8 heteroatoms. The van der Waals surface area contributed by atoms with Crippen molar-refractivity contribution in [1.82, 2.24) is 24.7 Å². The van der Waals surface area contributed by atoms with Crippen LogP contribution >= 0.6 is 0 Å². The van der Waals surface area contributed by atoms with Gasteiger partial charge in [0.05, 0.1) is 11.9 Å². The van der Waals surface area contributed by atoms with E-state index in [-0.39, 0.29) is 17.7 Å². The molecule has 1 amide bonds. The molecule has 4 aromatic heterocycles. The van der Waals surface area contributed by atoms with E-state index in [0.29, 0.717) is 11.6 Å². The third kappa shape index (κ3) is 3.26. The van der Waals surface area contributed by atoms with Gasteiger partial charge in [-0.3, -0.25) is 14.5 Å². The second kappa shape index (κ2) is 6.91. The summed E-state index contributed by atoms with van der Waals surface area (Å²) in [4.78, 5) is 25.7. The van der Waals surface area contributed by atoms with Gasteiger partial charge in [0.25, 0.3) is 0 Å². The molecule has 0 saturated heterocycles. The highest BCUT2D eigenvalue weighted by Crippen LogP contribution is 2.47. The lowest BCUT2D eigenvalue weighted by Crippen LogP contribution is -2.15. The summed E-state index contributed by atoms with van der Waals surface area (Å²) in [5.74, 6) is 1.04. The summed E-state index contributed by atoms with van der Waals surface area (Å²) in [5, 5.41) is 8.74. The standard InChI is InChI=1S/C22H21N7O/c1-12-3-4-24-9-17(12)19-5-13-6-20(25-10-18(13)21(23)27-19)28-22(30)16-7-15(16)14-8-26-29(2)11-14/h3-6,8-11,15-16H,7H2,1-2H3,(H2,23,27)(H,25,28,30)/t15-,16+/m1/s1. The zero-order valence-electron chi connectivity index (χ0n) is 16.7. The van der Waals surface area contributed by atoms with Crippen molar-refractivity contribution in [2.45, 2.75) is 19.3 Å². The van der Waals surface area contributed by atoms with Crippen LogP contribution in [0.25, 0.3) is 22.0 Å². The van der Waals surface area contributed by atoms with Gasteiger partial charge >= 0.3 is 0 Å². The number of hydrogen-bond acceptors (Lipinski definition) is 6. The van der Waals surface area contributed by atoms with Crippen molar-refractivity contribution in [3.8, 4) is 11.3 Å². The minimum Gasteiger partial charge on any atom is -0.383 e. The van der Waals surface area contributed by atoms with E-state index in [0.717, 1.165) is 39.6 Å².